The molecular formula is C23H29N3O2. The van der Waals surface area contributed by atoms with Crippen molar-refractivity contribution in [3.05, 3.63) is 65.2 Å². The molecule has 5 heteroatoms. The van der Waals surface area contributed by atoms with E-state index in [2.05, 4.69) is 46.4 Å². The summed E-state index contributed by atoms with van der Waals surface area (Å²) in [5, 5.41) is 3.15. The number of ether oxygens (including phenoxy) is 1. The molecule has 2 aromatic rings. The lowest BCUT2D eigenvalue weighted by atomic mass is 9.81. The minimum Gasteiger partial charge on any atom is -0.378 e. The first-order valence-corrected chi connectivity index (χ1v) is 9.94. The summed E-state index contributed by atoms with van der Waals surface area (Å²) < 4.78 is 5.62. The first kappa shape index (κ1) is 19.1. The van der Waals surface area contributed by atoms with Crippen LogP contribution in [0.5, 0.6) is 0 Å². The van der Waals surface area contributed by atoms with Gasteiger partial charge in [0.15, 0.2) is 0 Å². The minimum absolute atomic E-state index is 0.00518. The zero-order chi connectivity index (χ0) is 19.7. The topological polar surface area (TPSA) is 44.8 Å². The summed E-state index contributed by atoms with van der Waals surface area (Å²) >= 11 is 0. The Morgan fingerprint density at radius 1 is 1.21 bits per heavy atom. The van der Waals surface area contributed by atoms with E-state index < -0.39 is 5.54 Å². The third kappa shape index (κ3) is 3.46. The molecule has 1 N–H and O–H groups in total. The highest BCUT2D eigenvalue weighted by Crippen LogP contribution is 2.36. The first-order valence-electron chi connectivity index (χ1n) is 9.94. The molecule has 2 aliphatic heterocycles. The molecule has 1 saturated heterocycles. The molecule has 2 heterocycles. The summed E-state index contributed by atoms with van der Waals surface area (Å²) in [5.74, 6) is -0.00518. The van der Waals surface area contributed by atoms with Crippen LogP contribution in [0.25, 0.3) is 0 Å². The minimum atomic E-state index is -0.680. The van der Waals surface area contributed by atoms with Gasteiger partial charge in [0.1, 0.15) is 5.54 Å². The average molecular weight is 380 g/mol. The number of rotatable bonds is 5. The van der Waals surface area contributed by atoms with Crippen LogP contribution in [-0.4, -0.2) is 54.6 Å². The molecule has 1 fully saturated rings. The van der Waals surface area contributed by atoms with Gasteiger partial charge in [-0.1, -0.05) is 36.4 Å². The Bertz CT molecular complexity index is 854. The van der Waals surface area contributed by atoms with E-state index in [4.69, 9.17) is 4.74 Å². The van der Waals surface area contributed by atoms with Crippen LogP contribution in [0.4, 0.5) is 5.69 Å². The van der Waals surface area contributed by atoms with E-state index in [9.17, 15) is 4.79 Å². The number of nitrogens with one attached hydrogen (secondary N) is 1. The van der Waals surface area contributed by atoms with Crippen molar-refractivity contribution < 1.29 is 9.53 Å². The Balaban J connectivity index is 1.50. The third-order valence-corrected chi connectivity index (χ3v) is 6.30. The van der Waals surface area contributed by atoms with Crippen LogP contribution < -0.4 is 5.32 Å². The first-order chi connectivity index (χ1) is 13.5. The maximum absolute atomic E-state index is 13.3. The molecule has 2 aliphatic rings. The van der Waals surface area contributed by atoms with Crippen molar-refractivity contribution in [3.63, 3.8) is 0 Å². The Morgan fingerprint density at radius 3 is 2.75 bits per heavy atom. The number of carbonyl (C=O) groups is 1. The van der Waals surface area contributed by atoms with Crippen LogP contribution in [0, 0.1) is 0 Å². The van der Waals surface area contributed by atoms with E-state index in [-0.39, 0.29) is 12.0 Å². The lowest BCUT2D eigenvalue weighted by Crippen LogP contribution is -2.74. The van der Waals surface area contributed by atoms with Gasteiger partial charge in [-0.15, -0.1) is 0 Å². The van der Waals surface area contributed by atoms with Crippen LogP contribution in [0.15, 0.2) is 48.5 Å². The molecule has 0 spiro atoms. The van der Waals surface area contributed by atoms with Crippen molar-refractivity contribution >= 4 is 11.6 Å². The Morgan fingerprint density at radius 2 is 2.00 bits per heavy atom. The average Bonchev–Trinajstić information content (AvgIpc) is 2.71. The molecule has 5 nitrogen and oxygen atoms in total. The number of fused-ring (bicyclic) bond motifs is 1. The van der Waals surface area contributed by atoms with E-state index in [0.717, 1.165) is 38.3 Å². The molecular weight excluding hydrogens is 350 g/mol. The van der Waals surface area contributed by atoms with E-state index in [1.54, 1.807) is 7.11 Å². The molecule has 0 aliphatic carbocycles. The highest BCUT2D eigenvalue weighted by molar-refractivity contribution is 5.99. The SMILES string of the molecule is CO[C@@H]1CN(Cc2ccccc2)[C@]1(C)C(=O)Nc1ccc2c(c1)CCN(C)C2. The van der Waals surface area contributed by atoms with Gasteiger partial charge in [0, 0.05) is 39.0 Å². The number of methoxy groups -OCH3 is 1. The van der Waals surface area contributed by atoms with Gasteiger partial charge < -0.3 is 15.0 Å². The molecule has 148 valence electrons. The number of likely N-dealkylation sites (tertiary alicyclic amines) is 1. The van der Waals surface area contributed by atoms with Gasteiger partial charge in [0.05, 0.1) is 6.10 Å². The zero-order valence-corrected chi connectivity index (χ0v) is 16.9. The number of nitrogens with zero attached hydrogens (tertiary/aromatic N) is 2. The van der Waals surface area contributed by atoms with Crippen LogP contribution in [-0.2, 0) is 29.0 Å². The van der Waals surface area contributed by atoms with Gasteiger partial charge >= 0.3 is 0 Å². The van der Waals surface area contributed by atoms with Crippen LogP contribution in [0.2, 0.25) is 0 Å². The summed E-state index contributed by atoms with van der Waals surface area (Å²) in [5.41, 5.74) is 4.08. The monoisotopic (exact) mass is 379 g/mol. The Hall–Kier alpha value is -2.21. The van der Waals surface area contributed by atoms with Crippen molar-refractivity contribution in [3.8, 4) is 0 Å². The smallest absolute Gasteiger partial charge is 0.247 e. The van der Waals surface area contributed by atoms with Gasteiger partial charge in [-0.2, -0.15) is 0 Å². The fraction of sp³-hybridized carbons (Fsp3) is 0.435. The molecule has 2 aromatic carbocycles. The normalized spacial score (nSPS) is 25.0. The number of hydrogen-bond donors (Lipinski definition) is 1. The van der Waals surface area contributed by atoms with Gasteiger partial charge in [0.2, 0.25) is 5.91 Å². The maximum Gasteiger partial charge on any atom is 0.247 e. The number of likely N-dealkylation sites (N-methyl/N-ethyl adjacent to an activating group) is 1. The molecule has 28 heavy (non-hydrogen) atoms. The Labute approximate surface area is 167 Å². The van der Waals surface area contributed by atoms with Gasteiger partial charge in [-0.05, 0) is 49.2 Å². The largest absolute Gasteiger partial charge is 0.378 e. The second-order valence-electron chi connectivity index (χ2n) is 8.16. The van der Waals surface area contributed by atoms with E-state index in [0.29, 0.717) is 0 Å². The Kier molecular flexibility index (Phi) is 5.23. The van der Waals surface area contributed by atoms with Crippen LogP contribution in [0.3, 0.4) is 0 Å². The molecule has 1 amide bonds. The van der Waals surface area contributed by atoms with Crippen molar-refractivity contribution in [2.24, 2.45) is 0 Å². The van der Waals surface area contributed by atoms with Gasteiger partial charge in [-0.3, -0.25) is 9.69 Å². The van der Waals surface area contributed by atoms with E-state index in [1.165, 1.54) is 16.7 Å². The second-order valence-corrected chi connectivity index (χ2v) is 8.16. The van der Waals surface area contributed by atoms with Crippen molar-refractivity contribution in [2.75, 3.05) is 32.6 Å². The molecule has 2 atom stereocenters. The molecule has 0 aromatic heterocycles. The van der Waals surface area contributed by atoms with Crippen LogP contribution >= 0.6 is 0 Å². The van der Waals surface area contributed by atoms with Crippen molar-refractivity contribution in [1.29, 1.82) is 0 Å². The highest BCUT2D eigenvalue weighted by atomic mass is 16.5. The van der Waals surface area contributed by atoms with E-state index >= 15 is 0 Å². The molecule has 0 saturated carbocycles. The standard InChI is InChI=1S/C23H29N3O2/c1-23(21(28-3)16-26(23)14-17-7-5-4-6-8-17)22(27)24-20-10-9-19-15-25(2)12-11-18(19)13-20/h4-10,13,21H,11-12,14-16H2,1-3H3,(H,24,27)/t21-,23+/m1/s1. The lowest BCUT2D eigenvalue weighted by Gasteiger charge is -2.54. The molecule has 0 unspecified atom stereocenters. The van der Waals surface area contributed by atoms with Crippen molar-refractivity contribution in [1.82, 2.24) is 9.80 Å². The fourth-order valence-electron chi connectivity index (χ4n) is 4.31. The molecule has 0 radical (unpaired) electrons. The predicted octanol–water partition coefficient (Wildman–Crippen LogP) is 2.90. The summed E-state index contributed by atoms with van der Waals surface area (Å²) in [6.07, 6.45) is 0.913. The fourth-order valence-corrected chi connectivity index (χ4v) is 4.31. The quantitative estimate of drug-likeness (QED) is 0.868. The summed E-state index contributed by atoms with van der Waals surface area (Å²) in [6.45, 7) is 5.50. The van der Waals surface area contributed by atoms with Crippen LogP contribution in [0.1, 0.15) is 23.6 Å². The number of anilines is 1. The summed E-state index contributed by atoms with van der Waals surface area (Å²) in [4.78, 5) is 17.8. The van der Waals surface area contributed by atoms with Gasteiger partial charge in [0.25, 0.3) is 0 Å². The summed E-state index contributed by atoms with van der Waals surface area (Å²) in [7, 11) is 3.83. The highest BCUT2D eigenvalue weighted by Gasteiger charge is 2.55. The maximum atomic E-state index is 13.3. The molecule has 0 bridgehead atoms. The number of carbonyl (C=O) groups excluding carboxylic acids is 1. The van der Waals surface area contributed by atoms with Crippen molar-refractivity contribution in [2.45, 2.75) is 38.1 Å². The number of hydrogen-bond acceptors (Lipinski definition) is 4. The third-order valence-electron chi connectivity index (χ3n) is 6.30. The van der Waals surface area contributed by atoms with E-state index in [1.807, 2.05) is 31.2 Å². The number of benzene rings is 2. The summed E-state index contributed by atoms with van der Waals surface area (Å²) in [6, 6.07) is 16.6. The number of amides is 1. The molecule has 4 rings (SSSR count). The second kappa shape index (κ2) is 7.66. The van der Waals surface area contributed by atoms with Gasteiger partial charge in [-0.25, -0.2) is 0 Å². The zero-order valence-electron chi connectivity index (χ0n) is 16.9. The predicted molar refractivity (Wildman–Crippen MR) is 111 cm³/mol. The lowest BCUT2D eigenvalue weighted by molar-refractivity contribution is -0.169.